The molecule has 27 heavy (non-hydrogen) atoms. The van der Waals surface area contributed by atoms with Crippen LogP contribution in [0.5, 0.6) is 11.5 Å². The highest BCUT2D eigenvalue weighted by atomic mass is 35.5. The third-order valence-corrected chi connectivity index (χ3v) is 5.05. The third-order valence-electron chi connectivity index (χ3n) is 4.11. The quantitative estimate of drug-likeness (QED) is 0.674. The normalized spacial score (nSPS) is 13.3. The topological polar surface area (TPSA) is 64.6 Å². The van der Waals surface area contributed by atoms with Gasteiger partial charge in [-0.1, -0.05) is 36.4 Å². The van der Waals surface area contributed by atoms with Crippen LogP contribution in [-0.2, 0) is 9.84 Å². The van der Waals surface area contributed by atoms with Crippen molar-refractivity contribution in [1.82, 2.24) is 5.32 Å². The Morgan fingerprint density at radius 3 is 2.26 bits per heavy atom. The molecular formula is C20H28ClNO4S. The summed E-state index contributed by atoms with van der Waals surface area (Å²) in [5.74, 6) is 1.24. The van der Waals surface area contributed by atoms with Crippen molar-refractivity contribution in [3.8, 4) is 11.5 Å². The summed E-state index contributed by atoms with van der Waals surface area (Å²) in [6.45, 7) is 4.43. The Kier molecular flexibility index (Phi) is 9.09. The van der Waals surface area contributed by atoms with Crippen LogP contribution in [0.1, 0.15) is 37.1 Å². The van der Waals surface area contributed by atoms with E-state index in [1.54, 1.807) is 7.11 Å². The van der Waals surface area contributed by atoms with E-state index in [0.717, 1.165) is 11.1 Å². The van der Waals surface area contributed by atoms with Crippen LogP contribution in [0, 0.1) is 0 Å². The van der Waals surface area contributed by atoms with Gasteiger partial charge >= 0.3 is 0 Å². The van der Waals surface area contributed by atoms with Crippen molar-refractivity contribution in [2.75, 3.05) is 25.7 Å². The molecule has 0 amide bonds. The molecule has 0 fully saturated rings. The van der Waals surface area contributed by atoms with Crippen molar-refractivity contribution in [2.24, 2.45) is 0 Å². The summed E-state index contributed by atoms with van der Waals surface area (Å²) in [5.41, 5.74) is 1.95. The second-order valence-electron chi connectivity index (χ2n) is 6.29. The largest absolute Gasteiger partial charge is 0.493 e. The minimum Gasteiger partial charge on any atom is -0.493 e. The predicted molar refractivity (Wildman–Crippen MR) is 112 cm³/mol. The average molecular weight is 414 g/mol. The maximum Gasteiger partial charge on any atom is 0.161 e. The Morgan fingerprint density at radius 2 is 1.70 bits per heavy atom. The SMILES string of the molecule is CCOc1cc([C@H](CS(C)(=O)=O)N[C@H](C)c2ccccc2)ccc1OC.Cl. The van der Waals surface area contributed by atoms with Crippen LogP contribution in [-0.4, -0.2) is 34.1 Å². The second kappa shape index (κ2) is 10.5. The average Bonchev–Trinajstić information content (AvgIpc) is 2.61. The van der Waals surface area contributed by atoms with Crippen LogP contribution < -0.4 is 14.8 Å². The highest BCUT2D eigenvalue weighted by Gasteiger charge is 2.21. The van der Waals surface area contributed by atoms with Gasteiger partial charge in [0.25, 0.3) is 0 Å². The highest BCUT2D eigenvalue weighted by Crippen LogP contribution is 2.31. The summed E-state index contributed by atoms with van der Waals surface area (Å²) in [5, 5.41) is 3.44. The van der Waals surface area contributed by atoms with Crippen LogP contribution in [0.2, 0.25) is 0 Å². The van der Waals surface area contributed by atoms with Crippen molar-refractivity contribution < 1.29 is 17.9 Å². The zero-order chi connectivity index (χ0) is 19.2. The van der Waals surface area contributed by atoms with E-state index in [9.17, 15) is 8.42 Å². The van der Waals surface area contributed by atoms with Gasteiger partial charge < -0.3 is 14.8 Å². The van der Waals surface area contributed by atoms with E-state index >= 15 is 0 Å². The van der Waals surface area contributed by atoms with E-state index in [4.69, 9.17) is 9.47 Å². The molecule has 7 heteroatoms. The zero-order valence-corrected chi connectivity index (χ0v) is 17.8. The molecule has 0 spiro atoms. The summed E-state index contributed by atoms with van der Waals surface area (Å²) >= 11 is 0. The number of benzene rings is 2. The molecule has 0 aromatic heterocycles. The molecule has 0 aliphatic rings. The Bertz CT molecular complexity index is 812. The second-order valence-corrected chi connectivity index (χ2v) is 8.47. The molecule has 2 atom stereocenters. The van der Waals surface area contributed by atoms with Gasteiger partial charge in [0.05, 0.1) is 19.5 Å². The fourth-order valence-corrected chi connectivity index (χ4v) is 3.76. The smallest absolute Gasteiger partial charge is 0.161 e. The van der Waals surface area contributed by atoms with Crippen LogP contribution in [0.4, 0.5) is 0 Å². The Morgan fingerprint density at radius 1 is 1.04 bits per heavy atom. The van der Waals surface area contributed by atoms with Gasteiger partial charge in [-0.3, -0.25) is 0 Å². The Hall–Kier alpha value is -1.76. The Balaban J connectivity index is 0.00000364. The molecule has 2 aromatic rings. The van der Waals surface area contributed by atoms with Crippen LogP contribution in [0.25, 0.3) is 0 Å². The predicted octanol–water partition coefficient (Wildman–Crippen LogP) is 3.95. The molecule has 0 unspecified atom stereocenters. The summed E-state index contributed by atoms with van der Waals surface area (Å²) in [6, 6.07) is 15.1. The number of halogens is 1. The van der Waals surface area contributed by atoms with Gasteiger partial charge in [0.2, 0.25) is 0 Å². The van der Waals surface area contributed by atoms with Crippen molar-refractivity contribution in [2.45, 2.75) is 25.9 Å². The van der Waals surface area contributed by atoms with Gasteiger partial charge in [0, 0.05) is 18.3 Å². The third kappa shape index (κ3) is 7.05. The van der Waals surface area contributed by atoms with Gasteiger partial charge in [-0.25, -0.2) is 8.42 Å². The number of ether oxygens (including phenoxy) is 2. The first kappa shape index (κ1) is 23.3. The minimum atomic E-state index is -3.17. The van der Waals surface area contributed by atoms with Gasteiger partial charge in [-0.15, -0.1) is 12.4 Å². The monoisotopic (exact) mass is 413 g/mol. The summed E-state index contributed by atoms with van der Waals surface area (Å²) in [4.78, 5) is 0. The maximum absolute atomic E-state index is 12.0. The van der Waals surface area contributed by atoms with E-state index in [-0.39, 0.29) is 30.2 Å². The minimum absolute atomic E-state index is 0. The maximum atomic E-state index is 12.0. The molecule has 150 valence electrons. The van der Waals surface area contributed by atoms with Gasteiger partial charge in [0.1, 0.15) is 9.84 Å². The lowest BCUT2D eigenvalue weighted by molar-refractivity contribution is 0.310. The molecule has 0 saturated heterocycles. The van der Waals surface area contributed by atoms with Gasteiger partial charge in [-0.2, -0.15) is 0 Å². The molecule has 5 nitrogen and oxygen atoms in total. The number of hydrogen-bond donors (Lipinski definition) is 1. The van der Waals surface area contributed by atoms with Gasteiger partial charge in [0.15, 0.2) is 11.5 Å². The number of sulfone groups is 1. The molecule has 0 aliphatic heterocycles. The highest BCUT2D eigenvalue weighted by molar-refractivity contribution is 7.90. The number of rotatable bonds is 9. The van der Waals surface area contributed by atoms with Crippen LogP contribution in [0.3, 0.4) is 0 Å². The summed E-state index contributed by atoms with van der Waals surface area (Å²) in [6.07, 6.45) is 1.25. The molecule has 1 N–H and O–H groups in total. The van der Waals surface area contributed by atoms with Gasteiger partial charge in [-0.05, 0) is 37.1 Å². The van der Waals surface area contributed by atoms with Crippen molar-refractivity contribution in [3.05, 3.63) is 59.7 Å². The first-order valence-electron chi connectivity index (χ1n) is 8.63. The lowest BCUT2D eigenvalue weighted by Gasteiger charge is -2.24. The summed E-state index contributed by atoms with van der Waals surface area (Å²) in [7, 11) is -1.59. The lowest BCUT2D eigenvalue weighted by atomic mass is 10.0. The Labute approximate surface area is 168 Å². The molecule has 0 bridgehead atoms. The lowest BCUT2D eigenvalue weighted by Crippen LogP contribution is -2.30. The molecular weight excluding hydrogens is 386 g/mol. The first-order chi connectivity index (χ1) is 12.3. The van der Waals surface area contributed by atoms with Crippen LogP contribution >= 0.6 is 12.4 Å². The van der Waals surface area contributed by atoms with E-state index in [1.165, 1.54) is 6.26 Å². The molecule has 0 saturated carbocycles. The summed E-state index contributed by atoms with van der Waals surface area (Å²) < 4.78 is 34.9. The van der Waals surface area contributed by atoms with Crippen molar-refractivity contribution in [3.63, 3.8) is 0 Å². The molecule has 0 aliphatic carbocycles. The fraction of sp³-hybridized carbons (Fsp3) is 0.400. The number of hydrogen-bond acceptors (Lipinski definition) is 5. The van der Waals surface area contributed by atoms with E-state index in [1.807, 2.05) is 62.4 Å². The molecule has 2 rings (SSSR count). The van der Waals surface area contributed by atoms with E-state index in [0.29, 0.717) is 18.1 Å². The fourth-order valence-electron chi connectivity index (χ4n) is 2.86. The van der Waals surface area contributed by atoms with Crippen molar-refractivity contribution in [1.29, 1.82) is 0 Å². The zero-order valence-electron chi connectivity index (χ0n) is 16.1. The number of methoxy groups -OCH3 is 1. The molecule has 0 heterocycles. The van der Waals surface area contributed by atoms with Crippen LogP contribution in [0.15, 0.2) is 48.5 Å². The van der Waals surface area contributed by atoms with E-state index < -0.39 is 9.84 Å². The first-order valence-corrected chi connectivity index (χ1v) is 10.7. The molecule has 0 radical (unpaired) electrons. The van der Waals surface area contributed by atoms with E-state index in [2.05, 4.69) is 5.32 Å². The number of nitrogens with one attached hydrogen (secondary N) is 1. The molecule has 2 aromatic carbocycles. The standard InChI is InChI=1S/C20H27NO4S.ClH/c1-5-25-20-13-17(11-12-19(20)24-3)18(14-26(4,22)23)21-15(2)16-9-7-6-8-10-16;/h6-13,15,18,21H,5,14H2,1-4H3;1H/t15-,18+;/m1./s1. The van der Waals surface area contributed by atoms with Crippen molar-refractivity contribution >= 4 is 22.2 Å².